The molecule has 0 radical (unpaired) electrons. The van der Waals surface area contributed by atoms with E-state index >= 15 is 0 Å². The molecule has 5 rings (SSSR count). The lowest BCUT2D eigenvalue weighted by Gasteiger charge is -2.04. The zero-order valence-corrected chi connectivity index (χ0v) is 15.2. The third-order valence-electron chi connectivity index (χ3n) is 4.81. The molecule has 0 bridgehead atoms. The molecule has 5 nitrogen and oxygen atoms in total. The number of amides is 1. The van der Waals surface area contributed by atoms with Gasteiger partial charge in [0.15, 0.2) is 0 Å². The van der Waals surface area contributed by atoms with E-state index in [2.05, 4.69) is 15.2 Å². The topological polar surface area (TPSA) is 70.5 Å². The summed E-state index contributed by atoms with van der Waals surface area (Å²) in [4.78, 5) is 20.7. The summed E-state index contributed by atoms with van der Waals surface area (Å²) < 4.78 is 0. The monoisotopic (exact) mass is 364 g/mol. The number of carbonyl (C=O) groups excluding carboxylic acids is 1. The first-order valence-corrected chi connectivity index (χ1v) is 9.02. The number of aromatic amines is 1. The van der Waals surface area contributed by atoms with Crippen LogP contribution in [-0.2, 0) is 0 Å². The van der Waals surface area contributed by atoms with Crippen molar-refractivity contribution in [2.75, 3.05) is 0 Å². The highest BCUT2D eigenvalue weighted by Crippen LogP contribution is 2.43. The Balaban J connectivity index is 1.69. The van der Waals surface area contributed by atoms with Crippen LogP contribution >= 0.6 is 0 Å². The van der Waals surface area contributed by atoms with E-state index in [1.807, 2.05) is 73.7 Å². The van der Waals surface area contributed by atoms with Crippen LogP contribution in [0.15, 0.2) is 83.0 Å². The predicted octanol–water partition coefficient (Wildman–Crippen LogP) is 6.05. The summed E-state index contributed by atoms with van der Waals surface area (Å²) in [6.45, 7) is 1.94. The first-order valence-electron chi connectivity index (χ1n) is 9.02. The summed E-state index contributed by atoms with van der Waals surface area (Å²) in [7, 11) is 0. The summed E-state index contributed by atoms with van der Waals surface area (Å²) in [6.07, 6.45) is 0. The number of aromatic nitrogens is 2. The largest absolute Gasteiger partial charge is 0.350 e. The second kappa shape index (κ2) is 6.39. The summed E-state index contributed by atoms with van der Waals surface area (Å²) >= 11 is 0. The van der Waals surface area contributed by atoms with E-state index in [9.17, 15) is 4.79 Å². The first-order chi connectivity index (χ1) is 13.7. The lowest BCUT2D eigenvalue weighted by atomic mass is 10.1. The minimum Gasteiger partial charge on any atom is -0.350 e. The van der Waals surface area contributed by atoms with Crippen LogP contribution in [0, 0.1) is 6.92 Å². The molecule has 2 aliphatic rings. The number of hydrogen-bond donors (Lipinski definition) is 1. The van der Waals surface area contributed by atoms with Crippen LogP contribution in [0.25, 0.3) is 33.2 Å². The van der Waals surface area contributed by atoms with Gasteiger partial charge >= 0.3 is 0 Å². The predicted molar refractivity (Wildman–Crippen MR) is 110 cm³/mol. The van der Waals surface area contributed by atoms with Gasteiger partial charge in [-0.2, -0.15) is 0 Å². The zero-order valence-electron chi connectivity index (χ0n) is 15.2. The van der Waals surface area contributed by atoms with Gasteiger partial charge in [-0.25, -0.2) is 4.98 Å². The number of hydrogen-bond acceptors (Lipinski definition) is 3. The number of rotatable bonds is 2. The number of benzene rings is 3. The smallest absolute Gasteiger partial charge is 0.295 e. The quantitative estimate of drug-likeness (QED) is 0.387. The minimum atomic E-state index is -0.365. The molecule has 0 saturated carbocycles. The maximum atomic E-state index is 12.5. The van der Waals surface area contributed by atoms with Gasteiger partial charge in [-0.15, -0.1) is 10.2 Å². The van der Waals surface area contributed by atoms with E-state index in [0.29, 0.717) is 11.3 Å². The number of fused-ring (bicyclic) bond motifs is 4. The van der Waals surface area contributed by atoms with Crippen LogP contribution in [0.5, 0.6) is 0 Å². The Kier molecular flexibility index (Phi) is 3.72. The summed E-state index contributed by atoms with van der Waals surface area (Å²) in [5, 5.41) is 10.2. The fraction of sp³-hybridized carbons (Fsp3) is 0.0435. The molecule has 0 atom stereocenters. The van der Waals surface area contributed by atoms with Crippen LogP contribution < -0.4 is 0 Å². The SMILES string of the molecule is Cc1cccc(C(=O)N=Nc2c3[nH]c4ccccc4nc-3c3ccccc23)c1. The number of nitrogens with one attached hydrogen (secondary N) is 1. The molecular formula is C23H16N4O. The second-order valence-electron chi connectivity index (χ2n) is 6.75. The lowest BCUT2D eigenvalue weighted by Crippen LogP contribution is -1.94. The van der Waals surface area contributed by atoms with E-state index < -0.39 is 0 Å². The van der Waals surface area contributed by atoms with Gasteiger partial charge in [0.05, 0.1) is 22.4 Å². The molecule has 0 unspecified atom stereocenters. The molecule has 3 aromatic carbocycles. The Morgan fingerprint density at radius 3 is 2.57 bits per heavy atom. The Labute approximate surface area is 161 Å². The summed E-state index contributed by atoms with van der Waals surface area (Å²) in [5.41, 5.74) is 5.55. The van der Waals surface area contributed by atoms with Crippen molar-refractivity contribution in [1.82, 2.24) is 9.97 Å². The molecule has 134 valence electrons. The van der Waals surface area contributed by atoms with Crippen molar-refractivity contribution in [3.05, 3.63) is 83.9 Å². The summed E-state index contributed by atoms with van der Waals surface area (Å²) in [6, 6.07) is 23.1. The molecule has 1 amide bonds. The number of nitrogens with zero attached hydrogens (tertiary/aromatic N) is 3. The van der Waals surface area contributed by atoms with Crippen molar-refractivity contribution in [1.29, 1.82) is 0 Å². The molecule has 0 aromatic heterocycles. The van der Waals surface area contributed by atoms with Crippen LogP contribution in [0.3, 0.4) is 0 Å². The maximum Gasteiger partial charge on any atom is 0.295 e. The molecule has 5 heteroatoms. The molecule has 0 saturated heterocycles. The Bertz CT molecular complexity index is 1350. The van der Waals surface area contributed by atoms with Crippen LogP contribution in [0.2, 0.25) is 0 Å². The molecule has 0 spiro atoms. The number of azo groups is 1. The van der Waals surface area contributed by atoms with E-state index in [-0.39, 0.29) is 5.91 Å². The van der Waals surface area contributed by atoms with Crippen LogP contribution in [0.4, 0.5) is 5.69 Å². The third kappa shape index (κ3) is 2.65. The van der Waals surface area contributed by atoms with Gasteiger partial charge in [0.1, 0.15) is 5.69 Å². The number of para-hydroxylation sites is 2. The van der Waals surface area contributed by atoms with Crippen molar-refractivity contribution < 1.29 is 4.79 Å². The Morgan fingerprint density at radius 2 is 1.71 bits per heavy atom. The van der Waals surface area contributed by atoms with Gasteiger partial charge in [-0.3, -0.25) is 4.79 Å². The Hall–Kier alpha value is -3.86. The standard InChI is InChI=1S/C23H16N4O/c1-14-7-6-8-15(13-14)23(28)27-26-21-17-10-3-2-9-16(17)20-22(21)25-19-12-5-4-11-18(19)24-20/h2-13,25H,1H3. The van der Waals surface area contributed by atoms with Gasteiger partial charge in [-0.1, -0.05) is 54.1 Å². The lowest BCUT2D eigenvalue weighted by molar-refractivity contribution is 0.0995. The number of aryl methyl sites for hydroxylation is 1. The number of carbonyl (C=O) groups is 1. The van der Waals surface area contributed by atoms with Crippen molar-refractivity contribution in [3.8, 4) is 11.4 Å². The second-order valence-corrected chi connectivity index (χ2v) is 6.75. The van der Waals surface area contributed by atoms with Crippen molar-refractivity contribution in [2.24, 2.45) is 10.2 Å². The van der Waals surface area contributed by atoms with E-state index in [0.717, 1.165) is 38.8 Å². The van der Waals surface area contributed by atoms with E-state index in [4.69, 9.17) is 4.98 Å². The van der Waals surface area contributed by atoms with Gasteiger partial charge in [0.25, 0.3) is 5.91 Å². The van der Waals surface area contributed by atoms with Crippen LogP contribution in [0.1, 0.15) is 15.9 Å². The number of H-pyrrole nitrogens is 1. The fourth-order valence-electron chi connectivity index (χ4n) is 3.48. The molecule has 1 aliphatic heterocycles. The highest BCUT2D eigenvalue weighted by Gasteiger charge is 2.20. The molecule has 1 N–H and O–H groups in total. The van der Waals surface area contributed by atoms with Gasteiger partial charge in [0.2, 0.25) is 0 Å². The maximum absolute atomic E-state index is 12.5. The molecular weight excluding hydrogens is 348 g/mol. The molecule has 1 aliphatic carbocycles. The van der Waals surface area contributed by atoms with Crippen molar-refractivity contribution in [2.45, 2.75) is 6.92 Å². The van der Waals surface area contributed by atoms with Crippen LogP contribution in [-0.4, -0.2) is 15.9 Å². The molecule has 1 heterocycles. The fourth-order valence-corrected chi connectivity index (χ4v) is 3.48. The normalized spacial score (nSPS) is 11.8. The minimum absolute atomic E-state index is 0.365. The third-order valence-corrected chi connectivity index (χ3v) is 4.81. The zero-order chi connectivity index (χ0) is 19.1. The first kappa shape index (κ1) is 16.3. The molecule has 3 aromatic rings. The Morgan fingerprint density at radius 1 is 0.929 bits per heavy atom. The average molecular weight is 364 g/mol. The average Bonchev–Trinajstić information content (AvgIpc) is 3.03. The van der Waals surface area contributed by atoms with Gasteiger partial charge in [0, 0.05) is 16.3 Å². The van der Waals surface area contributed by atoms with Gasteiger partial charge < -0.3 is 4.98 Å². The highest BCUT2D eigenvalue weighted by molar-refractivity contribution is 6.11. The van der Waals surface area contributed by atoms with Gasteiger partial charge in [-0.05, 0) is 31.2 Å². The highest BCUT2D eigenvalue weighted by atomic mass is 16.1. The van der Waals surface area contributed by atoms with Crippen molar-refractivity contribution in [3.63, 3.8) is 0 Å². The van der Waals surface area contributed by atoms with E-state index in [1.165, 1.54) is 0 Å². The molecule has 28 heavy (non-hydrogen) atoms. The van der Waals surface area contributed by atoms with Crippen molar-refractivity contribution >= 4 is 33.4 Å². The summed E-state index contributed by atoms with van der Waals surface area (Å²) in [5.74, 6) is -0.365. The molecule has 0 fully saturated rings. The van der Waals surface area contributed by atoms with E-state index in [1.54, 1.807) is 6.07 Å².